The van der Waals surface area contributed by atoms with Gasteiger partial charge in [0.05, 0.1) is 22.3 Å². The lowest BCUT2D eigenvalue weighted by atomic mass is 10.1. The van der Waals surface area contributed by atoms with Gasteiger partial charge in [0.2, 0.25) is 0 Å². The van der Waals surface area contributed by atoms with Gasteiger partial charge in [-0.1, -0.05) is 61.5 Å². The maximum Gasteiger partial charge on any atom is 0.260 e. The van der Waals surface area contributed by atoms with Crippen LogP contribution < -0.4 is 5.43 Å². The van der Waals surface area contributed by atoms with Gasteiger partial charge in [0.1, 0.15) is 12.1 Å². The van der Waals surface area contributed by atoms with E-state index in [9.17, 15) is 4.79 Å². The standard InChI is InChI=1S/C26H23N5O/c1-3-18-12-14-19(15-13-18)17(2)29-30-24(32)16-31-23-11-7-4-8-20(23)25-26(31)28-22-10-6-5-9-21(22)27-25/h4-15H,3,16H2,1-2H3,(H,30,32)/b29-17+. The van der Waals surface area contributed by atoms with E-state index in [0.717, 1.165) is 45.1 Å². The molecule has 1 amide bonds. The minimum atomic E-state index is -0.216. The normalized spacial score (nSPS) is 12.0. The fourth-order valence-corrected chi connectivity index (χ4v) is 3.91. The summed E-state index contributed by atoms with van der Waals surface area (Å²) in [6.45, 7) is 4.11. The predicted molar refractivity (Wildman–Crippen MR) is 129 cm³/mol. The number of aromatic nitrogens is 3. The number of rotatable bonds is 5. The van der Waals surface area contributed by atoms with Crippen molar-refractivity contribution in [2.75, 3.05) is 0 Å². The number of hydrogen-bond acceptors (Lipinski definition) is 4. The van der Waals surface area contributed by atoms with Crippen LogP contribution in [0.5, 0.6) is 0 Å². The maximum absolute atomic E-state index is 12.8. The fraction of sp³-hybridized carbons (Fsp3) is 0.154. The highest BCUT2D eigenvalue weighted by atomic mass is 16.2. The lowest BCUT2D eigenvalue weighted by Gasteiger charge is -2.07. The number of nitrogens with one attached hydrogen (secondary N) is 1. The first-order valence-electron chi connectivity index (χ1n) is 10.7. The van der Waals surface area contributed by atoms with Crippen molar-refractivity contribution >= 4 is 44.7 Å². The third-order valence-electron chi connectivity index (χ3n) is 5.69. The van der Waals surface area contributed by atoms with Gasteiger partial charge in [-0.25, -0.2) is 15.4 Å². The highest BCUT2D eigenvalue weighted by Crippen LogP contribution is 2.28. The van der Waals surface area contributed by atoms with E-state index in [2.05, 4.69) is 29.6 Å². The van der Waals surface area contributed by atoms with E-state index in [1.54, 1.807) is 0 Å². The van der Waals surface area contributed by atoms with Gasteiger partial charge in [0.15, 0.2) is 5.65 Å². The van der Waals surface area contributed by atoms with Crippen molar-refractivity contribution in [2.45, 2.75) is 26.8 Å². The molecule has 0 atom stereocenters. The summed E-state index contributed by atoms with van der Waals surface area (Å²) in [4.78, 5) is 22.4. The summed E-state index contributed by atoms with van der Waals surface area (Å²) < 4.78 is 1.90. The Morgan fingerprint density at radius 1 is 0.938 bits per heavy atom. The number of carbonyl (C=O) groups is 1. The molecule has 1 N–H and O–H groups in total. The van der Waals surface area contributed by atoms with Gasteiger partial charge < -0.3 is 4.57 Å². The van der Waals surface area contributed by atoms with Crippen LogP contribution in [0.2, 0.25) is 0 Å². The molecule has 0 saturated heterocycles. The first-order chi connectivity index (χ1) is 15.6. The Bertz CT molecular complexity index is 1480. The molecule has 32 heavy (non-hydrogen) atoms. The first-order valence-corrected chi connectivity index (χ1v) is 10.7. The smallest absolute Gasteiger partial charge is 0.260 e. The average molecular weight is 422 g/mol. The Hall–Kier alpha value is -4.06. The summed E-state index contributed by atoms with van der Waals surface area (Å²) in [6, 6.07) is 23.9. The fourth-order valence-electron chi connectivity index (χ4n) is 3.91. The Balaban J connectivity index is 1.47. The Kier molecular flexibility index (Phi) is 5.11. The van der Waals surface area contributed by atoms with Crippen LogP contribution in [-0.4, -0.2) is 26.2 Å². The molecule has 5 rings (SSSR count). The summed E-state index contributed by atoms with van der Waals surface area (Å²) in [7, 11) is 0. The number of benzene rings is 3. The second kappa shape index (κ2) is 8.23. The maximum atomic E-state index is 12.8. The zero-order chi connectivity index (χ0) is 22.1. The first kappa shape index (κ1) is 19.9. The highest BCUT2D eigenvalue weighted by Gasteiger charge is 2.16. The number of fused-ring (bicyclic) bond motifs is 4. The van der Waals surface area contributed by atoms with E-state index in [-0.39, 0.29) is 12.5 Å². The van der Waals surface area contributed by atoms with E-state index < -0.39 is 0 Å². The average Bonchev–Trinajstić information content (AvgIpc) is 3.13. The third-order valence-corrected chi connectivity index (χ3v) is 5.69. The Labute approximate surface area is 185 Å². The molecule has 2 aromatic heterocycles. The zero-order valence-electron chi connectivity index (χ0n) is 18.0. The molecule has 158 valence electrons. The van der Waals surface area contributed by atoms with Gasteiger partial charge in [-0.05, 0) is 42.7 Å². The summed E-state index contributed by atoms with van der Waals surface area (Å²) in [6.07, 6.45) is 0.990. The van der Waals surface area contributed by atoms with E-state index in [1.807, 2.05) is 72.2 Å². The third kappa shape index (κ3) is 3.60. The number of aryl methyl sites for hydroxylation is 1. The summed E-state index contributed by atoms with van der Waals surface area (Å²) in [5.41, 5.74) is 9.74. The number of amides is 1. The number of carbonyl (C=O) groups excluding carboxylic acids is 1. The minimum absolute atomic E-state index is 0.0998. The van der Waals surface area contributed by atoms with Crippen LogP contribution in [0.25, 0.3) is 33.1 Å². The summed E-state index contributed by atoms with van der Waals surface area (Å²) in [5.74, 6) is -0.216. The molecule has 0 aliphatic carbocycles. The Morgan fingerprint density at radius 3 is 2.38 bits per heavy atom. The molecule has 0 bridgehead atoms. The zero-order valence-corrected chi connectivity index (χ0v) is 18.0. The van der Waals surface area contributed by atoms with Gasteiger partial charge in [0.25, 0.3) is 5.91 Å². The second-order valence-corrected chi connectivity index (χ2v) is 7.77. The molecule has 2 heterocycles. The molecule has 3 aromatic carbocycles. The van der Waals surface area contributed by atoms with E-state index in [0.29, 0.717) is 5.65 Å². The summed E-state index contributed by atoms with van der Waals surface area (Å²) >= 11 is 0. The van der Waals surface area contributed by atoms with Crippen LogP contribution in [0.4, 0.5) is 0 Å². The molecule has 6 heteroatoms. The van der Waals surface area contributed by atoms with E-state index in [4.69, 9.17) is 9.97 Å². The molecule has 5 aromatic rings. The van der Waals surface area contributed by atoms with Crippen LogP contribution in [0.1, 0.15) is 25.0 Å². The van der Waals surface area contributed by atoms with Gasteiger partial charge in [-0.15, -0.1) is 0 Å². The van der Waals surface area contributed by atoms with Crippen LogP contribution in [0, 0.1) is 0 Å². The number of para-hydroxylation sites is 3. The van der Waals surface area contributed by atoms with Crippen LogP contribution in [0.15, 0.2) is 77.9 Å². The van der Waals surface area contributed by atoms with Crippen LogP contribution in [-0.2, 0) is 17.8 Å². The van der Waals surface area contributed by atoms with Gasteiger partial charge in [-0.3, -0.25) is 4.79 Å². The molecule has 0 radical (unpaired) electrons. The molecule has 0 aliphatic rings. The molecule has 6 nitrogen and oxygen atoms in total. The van der Waals surface area contributed by atoms with Crippen molar-refractivity contribution in [3.8, 4) is 0 Å². The minimum Gasteiger partial charge on any atom is -0.314 e. The molecule has 0 spiro atoms. The predicted octanol–water partition coefficient (Wildman–Crippen LogP) is 4.84. The monoisotopic (exact) mass is 421 g/mol. The van der Waals surface area contributed by atoms with Gasteiger partial charge >= 0.3 is 0 Å². The van der Waals surface area contributed by atoms with Gasteiger partial charge in [-0.2, -0.15) is 5.10 Å². The van der Waals surface area contributed by atoms with Crippen molar-refractivity contribution in [1.82, 2.24) is 20.0 Å². The van der Waals surface area contributed by atoms with Gasteiger partial charge in [0, 0.05) is 5.39 Å². The molecule has 0 fully saturated rings. The van der Waals surface area contributed by atoms with Crippen LogP contribution >= 0.6 is 0 Å². The lowest BCUT2D eigenvalue weighted by molar-refractivity contribution is -0.121. The molecule has 0 unspecified atom stereocenters. The SMILES string of the molecule is CCc1ccc(/C(C)=N/NC(=O)Cn2c3ccccc3c3nc4ccccc4nc32)cc1. The van der Waals surface area contributed by atoms with E-state index >= 15 is 0 Å². The van der Waals surface area contributed by atoms with Crippen molar-refractivity contribution in [2.24, 2.45) is 5.10 Å². The number of hydrogen-bond donors (Lipinski definition) is 1. The number of nitrogens with zero attached hydrogens (tertiary/aromatic N) is 4. The molecular formula is C26H23N5O. The quantitative estimate of drug-likeness (QED) is 0.326. The topological polar surface area (TPSA) is 72.2 Å². The highest BCUT2D eigenvalue weighted by molar-refractivity contribution is 6.07. The van der Waals surface area contributed by atoms with Crippen molar-refractivity contribution in [3.05, 3.63) is 83.9 Å². The van der Waals surface area contributed by atoms with Crippen molar-refractivity contribution < 1.29 is 4.79 Å². The lowest BCUT2D eigenvalue weighted by Crippen LogP contribution is -2.24. The van der Waals surface area contributed by atoms with Crippen LogP contribution in [0.3, 0.4) is 0 Å². The molecule has 0 saturated carbocycles. The van der Waals surface area contributed by atoms with E-state index in [1.165, 1.54) is 5.56 Å². The van der Waals surface area contributed by atoms with Crippen molar-refractivity contribution in [1.29, 1.82) is 0 Å². The molecular weight excluding hydrogens is 398 g/mol. The largest absolute Gasteiger partial charge is 0.314 e. The molecule has 0 aliphatic heterocycles. The Morgan fingerprint density at radius 2 is 1.62 bits per heavy atom. The number of hydrazone groups is 1. The van der Waals surface area contributed by atoms with Crippen molar-refractivity contribution in [3.63, 3.8) is 0 Å². The second-order valence-electron chi connectivity index (χ2n) is 7.77. The summed E-state index contributed by atoms with van der Waals surface area (Å²) in [5, 5.41) is 5.28.